The van der Waals surface area contributed by atoms with Crippen LogP contribution in [-0.2, 0) is 10.0 Å². The van der Waals surface area contributed by atoms with E-state index in [4.69, 9.17) is 11.1 Å². The molecule has 20 heavy (non-hydrogen) atoms. The molecule has 0 spiro atoms. The molecule has 0 aromatic heterocycles. The zero-order valence-corrected chi connectivity index (χ0v) is 13.1. The molecule has 0 radical (unpaired) electrons. The quantitative estimate of drug-likeness (QED) is 0.623. The third kappa shape index (κ3) is 5.21. The van der Waals surface area contributed by atoms with Gasteiger partial charge in [-0.3, -0.25) is 9.71 Å². The van der Waals surface area contributed by atoms with Crippen molar-refractivity contribution in [3.05, 3.63) is 30.3 Å². The van der Waals surface area contributed by atoms with Crippen LogP contribution in [0.15, 0.2) is 30.3 Å². The molecule has 0 heterocycles. The largest absolute Gasteiger partial charge is 0.388 e. The van der Waals surface area contributed by atoms with Crippen LogP contribution in [0.4, 0.5) is 5.69 Å². The third-order valence-electron chi connectivity index (χ3n) is 2.58. The standard InChI is InChI=1S/C14H23N3O2S/c1-14(2,3)11-20(18,19)17(10-9-13(15)16)12-7-5-4-6-8-12/h4-8H,9-11H2,1-3H3,(H3,15,16). The highest BCUT2D eigenvalue weighted by atomic mass is 32.2. The zero-order valence-electron chi connectivity index (χ0n) is 12.3. The van der Waals surface area contributed by atoms with Crippen LogP contribution in [0.25, 0.3) is 0 Å². The molecular formula is C14H23N3O2S. The van der Waals surface area contributed by atoms with Crippen LogP contribution >= 0.6 is 0 Å². The SMILES string of the molecule is CC(C)(C)CS(=O)(=O)N(CCC(=N)N)c1ccccc1. The molecule has 112 valence electrons. The summed E-state index contributed by atoms with van der Waals surface area (Å²) in [6, 6.07) is 8.93. The summed E-state index contributed by atoms with van der Waals surface area (Å²) in [6.07, 6.45) is 0.221. The van der Waals surface area contributed by atoms with Crippen molar-refractivity contribution in [2.24, 2.45) is 11.1 Å². The Morgan fingerprint density at radius 2 is 1.80 bits per heavy atom. The van der Waals surface area contributed by atoms with Gasteiger partial charge in [-0.15, -0.1) is 0 Å². The summed E-state index contributed by atoms with van der Waals surface area (Å²) in [5.41, 5.74) is 5.63. The molecule has 0 amide bonds. The maximum absolute atomic E-state index is 12.6. The monoisotopic (exact) mass is 297 g/mol. The number of hydrogen-bond donors (Lipinski definition) is 2. The van der Waals surface area contributed by atoms with Crippen LogP contribution < -0.4 is 10.0 Å². The highest BCUT2D eigenvalue weighted by molar-refractivity contribution is 7.92. The molecular weight excluding hydrogens is 274 g/mol. The topological polar surface area (TPSA) is 87.2 Å². The van der Waals surface area contributed by atoms with Crippen molar-refractivity contribution in [3.63, 3.8) is 0 Å². The van der Waals surface area contributed by atoms with Crippen molar-refractivity contribution >= 4 is 21.5 Å². The molecule has 0 fully saturated rings. The van der Waals surface area contributed by atoms with E-state index in [2.05, 4.69) is 0 Å². The van der Waals surface area contributed by atoms with E-state index in [-0.39, 0.29) is 30.0 Å². The number of anilines is 1. The van der Waals surface area contributed by atoms with Crippen molar-refractivity contribution in [3.8, 4) is 0 Å². The molecule has 0 saturated carbocycles. The molecule has 6 heteroatoms. The summed E-state index contributed by atoms with van der Waals surface area (Å²) in [5, 5.41) is 7.29. The maximum atomic E-state index is 12.6. The average Bonchev–Trinajstić information content (AvgIpc) is 2.26. The van der Waals surface area contributed by atoms with Crippen LogP contribution in [0.3, 0.4) is 0 Å². The number of amidine groups is 1. The molecule has 0 bridgehead atoms. The summed E-state index contributed by atoms with van der Waals surface area (Å²) in [7, 11) is -3.45. The van der Waals surface area contributed by atoms with Crippen molar-refractivity contribution in [2.45, 2.75) is 27.2 Å². The maximum Gasteiger partial charge on any atom is 0.235 e. The molecule has 0 aliphatic heterocycles. The molecule has 5 nitrogen and oxygen atoms in total. The average molecular weight is 297 g/mol. The lowest BCUT2D eigenvalue weighted by molar-refractivity contribution is 0.460. The highest BCUT2D eigenvalue weighted by Crippen LogP contribution is 2.24. The van der Waals surface area contributed by atoms with Crippen LogP contribution in [0.5, 0.6) is 0 Å². The van der Waals surface area contributed by atoms with Gasteiger partial charge in [0, 0.05) is 13.0 Å². The van der Waals surface area contributed by atoms with Gasteiger partial charge in [0.1, 0.15) is 0 Å². The molecule has 0 unspecified atom stereocenters. The number of nitrogens with one attached hydrogen (secondary N) is 1. The number of nitrogens with two attached hydrogens (primary N) is 1. The Balaban J connectivity index is 3.08. The third-order valence-corrected chi connectivity index (χ3v) is 4.88. The van der Waals surface area contributed by atoms with E-state index in [1.807, 2.05) is 26.8 Å². The number of rotatable bonds is 6. The summed E-state index contributed by atoms with van der Waals surface area (Å²) < 4.78 is 26.5. The van der Waals surface area contributed by atoms with E-state index < -0.39 is 10.0 Å². The minimum Gasteiger partial charge on any atom is -0.388 e. The minimum atomic E-state index is -3.45. The van der Waals surface area contributed by atoms with Crippen LogP contribution in [0.1, 0.15) is 27.2 Å². The predicted octanol–water partition coefficient (Wildman–Crippen LogP) is 2.19. The number of sulfonamides is 1. The summed E-state index contributed by atoms with van der Waals surface area (Å²) >= 11 is 0. The van der Waals surface area contributed by atoms with Gasteiger partial charge in [-0.25, -0.2) is 8.42 Å². The first-order valence-electron chi connectivity index (χ1n) is 6.50. The molecule has 0 saturated heterocycles. The fourth-order valence-corrected chi connectivity index (χ4v) is 3.93. The number of benzene rings is 1. The fourth-order valence-electron chi connectivity index (χ4n) is 1.87. The lowest BCUT2D eigenvalue weighted by atomic mass is 10.0. The van der Waals surface area contributed by atoms with Gasteiger partial charge in [-0.2, -0.15) is 0 Å². The van der Waals surface area contributed by atoms with Crippen LogP contribution in [-0.4, -0.2) is 26.6 Å². The Hall–Kier alpha value is -1.56. The lowest BCUT2D eigenvalue weighted by Gasteiger charge is -2.28. The lowest BCUT2D eigenvalue weighted by Crippen LogP contribution is -2.38. The van der Waals surface area contributed by atoms with Gasteiger partial charge in [-0.1, -0.05) is 39.0 Å². The highest BCUT2D eigenvalue weighted by Gasteiger charge is 2.28. The Morgan fingerprint density at radius 3 is 2.25 bits per heavy atom. The number of nitrogens with zero attached hydrogens (tertiary/aromatic N) is 1. The Kier molecular flexibility index (Phi) is 5.16. The second-order valence-corrected chi connectivity index (χ2v) is 7.89. The fraction of sp³-hybridized carbons (Fsp3) is 0.500. The van der Waals surface area contributed by atoms with Crippen LogP contribution in [0.2, 0.25) is 0 Å². The van der Waals surface area contributed by atoms with Gasteiger partial charge >= 0.3 is 0 Å². The van der Waals surface area contributed by atoms with E-state index in [0.29, 0.717) is 5.69 Å². The first-order valence-corrected chi connectivity index (χ1v) is 8.11. The first kappa shape index (κ1) is 16.5. The van der Waals surface area contributed by atoms with Crippen molar-refractivity contribution in [1.82, 2.24) is 0 Å². The molecule has 0 atom stereocenters. The van der Waals surface area contributed by atoms with Crippen LogP contribution in [0, 0.1) is 10.8 Å². The second kappa shape index (κ2) is 6.26. The van der Waals surface area contributed by atoms with E-state index in [1.54, 1.807) is 24.3 Å². The minimum absolute atomic E-state index is 0.0168. The summed E-state index contributed by atoms with van der Waals surface area (Å²) in [4.78, 5) is 0. The smallest absolute Gasteiger partial charge is 0.235 e. The van der Waals surface area contributed by atoms with Gasteiger partial charge in [-0.05, 0) is 17.5 Å². The van der Waals surface area contributed by atoms with Gasteiger partial charge in [0.25, 0.3) is 0 Å². The Bertz CT molecular complexity index is 548. The van der Waals surface area contributed by atoms with E-state index in [9.17, 15) is 8.42 Å². The van der Waals surface area contributed by atoms with Crippen molar-refractivity contribution in [2.75, 3.05) is 16.6 Å². The van der Waals surface area contributed by atoms with E-state index in [1.165, 1.54) is 4.31 Å². The Labute approximate surface area is 121 Å². The predicted molar refractivity (Wildman–Crippen MR) is 83.6 cm³/mol. The summed E-state index contributed by atoms with van der Waals surface area (Å²) in [5.74, 6) is 0.0316. The first-order chi connectivity index (χ1) is 9.12. The summed E-state index contributed by atoms with van der Waals surface area (Å²) in [6.45, 7) is 5.86. The molecule has 0 aliphatic rings. The molecule has 0 aliphatic carbocycles. The Morgan fingerprint density at radius 1 is 1.25 bits per heavy atom. The molecule has 1 aromatic rings. The normalized spacial score (nSPS) is 12.2. The number of hydrogen-bond acceptors (Lipinski definition) is 3. The molecule has 1 rings (SSSR count). The van der Waals surface area contributed by atoms with E-state index >= 15 is 0 Å². The second-order valence-electron chi connectivity index (χ2n) is 6.00. The van der Waals surface area contributed by atoms with E-state index in [0.717, 1.165) is 0 Å². The molecule has 3 N–H and O–H groups in total. The van der Waals surface area contributed by atoms with Gasteiger partial charge in [0.15, 0.2) is 0 Å². The zero-order chi connectivity index (χ0) is 15.4. The van der Waals surface area contributed by atoms with Crippen molar-refractivity contribution < 1.29 is 8.42 Å². The number of para-hydroxylation sites is 1. The van der Waals surface area contributed by atoms with Gasteiger partial charge in [0.2, 0.25) is 10.0 Å². The van der Waals surface area contributed by atoms with Gasteiger partial charge < -0.3 is 5.73 Å². The van der Waals surface area contributed by atoms with Crippen molar-refractivity contribution in [1.29, 1.82) is 5.41 Å². The molecule has 1 aromatic carbocycles. The van der Waals surface area contributed by atoms with Gasteiger partial charge in [0.05, 0.1) is 17.3 Å².